The van der Waals surface area contributed by atoms with Crippen LogP contribution in [0.2, 0.25) is 0 Å². The van der Waals surface area contributed by atoms with Gasteiger partial charge in [-0.15, -0.1) is 0 Å². The molecule has 0 saturated carbocycles. The average Bonchev–Trinajstić information content (AvgIpc) is 3.20. The Hall–Kier alpha value is -3.34. The van der Waals surface area contributed by atoms with Gasteiger partial charge in [-0.1, -0.05) is 30.3 Å². The van der Waals surface area contributed by atoms with Crippen molar-refractivity contribution in [2.45, 2.75) is 12.1 Å². The number of rotatable bonds is 2. The first-order valence-electron chi connectivity index (χ1n) is 8.26. The minimum absolute atomic E-state index is 0.00593. The standard InChI is InChI=1S/C20H16N4O/c25-20-18(12-4-2-1-3-5-12)14-10-16-17(11-15(14)24-20)23-19(22-16)13-6-8-21-9-7-13/h1-11,18-19,22-23H,(H,24,25). The quantitative estimate of drug-likeness (QED) is 0.671. The third kappa shape index (κ3) is 2.24. The molecule has 0 spiro atoms. The van der Waals surface area contributed by atoms with Gasteiger partial charge in [-0.2, -0.15) is 0 Å². The largest absolute Gasteiger partial charge is 0.360 e. The van der Waals surface area contributed by atoms with E-state index in [1.165, 1.54) is 0 Å². The Morgan fingerprint density at radius 1 is 0.800 bits per heavy atom. The molecule has 0 fully saturated rings. The lowest BCUT2D eigenvalue weighted by Gasteiger charge is -2.12. The molecule has 0 saturated heterocycles. The highest BCUT2D eigenvalue weighted by molar-refractivity contribution is 6.06. The summed E-state index contributed by atoms with van der Waals surface area (Å²) >= 11 is 0. The van der Waals surface area contributed by atoms with Gasteiger partial charge in [-0.3, -0.25) is 9.78 Å². The third-order valence-corrected chi connectivity index (χ3v) is 4.79. The fraction of sp³-hybridized carbons (Fsp3) is 0.100. The van der Waals surface area contributed by atoms with Crippen molar-refractivity contribution in [3.05, 3.63) is 83.7 Å². The van der Waals surface area contributed by atoms with Crippen LogP contribution in [0.1, 0.15) is 28.8 Å². The van der Waals surface area contributed by atoms with Gasteiger partial charge < -0.3 is 16.0 Å². The van der Waals surface area contributed by atoms with Gasteiger partial charge in [0.25, 0.3) is 0 Å². The summed E-state index contributed by atoms with van der Waals surface area (Å²) in [4.78, 5) is 16.6. The van der Waals surface area contributed by atoms with Crippen LogP contribution in [-0.2, 0) is 4.79 Å². The molecule has 2 aliphatic rings. The summed E-state index contributed by atoms with van der Waals surface area (Å²) in [6, 6.07) is 18.0. The number of pyridine rings is 1. The highest BCUT2D eigenvalue weighted by atomic mass is 16.2. The normalized spacial score (nSPS) is 20.2. The molecule has 5 rings (SSSR count). The first kappa shape index (κ1) is 14.0. The number of fused-ring (bicyclic) bond motifs is 2. The number of carbonyl (C=O) groups excluding carboxylic acids is 1. The lowest BCUT2D eigenvalue weighted by Crippen LogP contribution is -2.13. The van der Waals surface area contributed by atoms with Crippen molar-refractivity contribution in [3.63, 3.8) is 0 Å². The van der Waals surface area contributed by atoms with Gasteiger partial charge in [-0.05, 0) is 41.0 Å². The maximum absolute atomic E-state index is 12.5. The smallest absolute Gasteiger partial charge is 0.236 e. The topological polar surface area (TPSA) is 66.0 Å². The number of nitrogens with one attached hydrogen (secondary N) is 3. The van der Waals surface area contributed by atoms with Crippen LogP contribution < -0.4 is 16.0 Å². The van der Waals surface area contributed by atoms with Crippen LogP contribution in [0.4, 0.5) is 17.1 Å². The van der Waals surface area contributed by atoms with Crippen molar-refractivity contribution in [3.8, 4) is 0 Å². The number of benzene rings is 2. The van der Waals surface area contributed by atoms with Gasteiger partial charge in [0.2, 0.25) is 5.91 Å². The van der Waals surface area contributed by atoms with Gasteiger partial charge in [0, 0.05) is 18.1 Å². The van der Waals surface area contributed by atoms with Crippen LogP contribution in [0.3, 0.4) is 0 Å². The first-order valence-corrected chi connectivity index (χ1v) is 8.26. The fourth-order valence-electron chi connectivity index (χ4n) is 3.59. The van der Waals surface area contributed by atoms with Gasteiger partial charge in [0.1, 0.15) is 6.17 Å². The average molecular weight is 328 g/mol. The van der Waals surface area contributed by atoms with Crippen molar-refractivity contribution >= 4 is 23.0 Å². The van der Waals surface area contributed by atoms with Crippen LogP contribution >= 0.6 is 0 Å². The maximum Gasteiger partial charge on any atom is 0.236 e. The van der Waals surface area contributed by atoms with Gasteiger partial charge in [-0.25, -0.2) is 0 Å². The Labute approximate surface area is 145 Å². The van der Waals surface area contributed by atoms with Crippen molar-refractivity contribution < 1.29 is 4.79 Å². The predicted molar refractivity (Wildman–Crippen MR) is 97.6 cm³/mol. The van der Waals surface area contributed by atoms with Crippen LogP contribution in [0.5, 0.6) is 0 Å². The van der Waals surface area contributed by atoms with Crippen LogP contribution in [0, 0.1) is 0 Å². The molecule has 2 unspecified atom stereocenters. The molecule has 3 heterocycles. The fourth-order valence-corrected chi connectivity index (χ4v) is 3.59. The monoisotopic (exact) mass is 328 g/mol. The number of hydrogen-bond donors (Lipinski definition) is 3. The highest BCUT2D eigenvalue weighted by Crippen LogP contribution is 2.45. The Morgan fingerprint density at radius 3 is 2.28 bits per heavy atom. The Morgan fingerprint density at radius 2 is 1.52 bits per heavy atom. The van der Waals surface area contributed by atoms with E-state index in [-0.39, 0.29) is 18.0 Å². The van der Waals surface area contributed by atoms with Crippen molar-refractivity contribution in [1.82, 2.24) is 4.98 Å². The Bertz CT molecular complexity index is 956. The lowest BCUT2D eigenvalue weighted by atomic mass is 9.92. The summed E-state index contributed by atoms with van der Waals surface area (Å²) < 4.78 is 0. The van der Waals surface area contributed by atoms with E-state index < -0.39 is 0 Å². The zero-order valence-corrected chi connectivity index (χ0v) is 13.4. The third-order valence-electron chi connectivity index (χ3n) is 4.79. The van der Waals surface area contributed by atoms with E-state index in [9.17, 15) is 4.79 Å². The van der Waals surface area contributed by atoms with E-state index in [2.05, 4.69) is 27.0 Å². The number of amides is 1. The van der Waals surface area contributed by atoms with Crippen LogP contribution in [-0.4, -0.2) is 10.9 Å². The summed E-state index contributed by atoms with van der Waals surface area (Å²) in [7, 11) is 0. The molecule has 5 heteroatoms. The van der Waals surface area contributed by atoms with E-state index in [1.807, 2.05) is 48.5 Å². The summed E-state index contributed by atoms with van der Waals surface area (Å²) in [5.74, 6) is -0.237. The number of aromatic nitrogens is 1. The molecule has 0 aliphatic carbocycles. The van der Waals surface area contributed by atoms with Gasteiger partial charge in [0.05, 0.1) is 17.3 Å². The second-order valence-corrected chi connectivity index (χ2v) is 6.32. The van der Waals surface area contributed by atoms with E-state index in [1.54, 1.807) is 12.4 Å². The molecule has 2 atom stereocenters. The molecular formula is C20H16N4O. The molecule has 2 aliphatic heterocycles. The highest BCUT2D eigenvalue weighted by Gasteiger charge is 2.34. The molecule has 3 aromatic rings. The van der Waals surface area contributed by atoms with Crippen molar-refractivity contribution in [1.29, 1.82) is 0 Å². The second kappa shape index (κ2) is 5.34. The SMILES string of the molecule is O=C1Nc2cc3c(cc2C1c1ccccc1)NC(c1ccncc1)N3. The van der Waals surface area contributed by atoms with Crippen molar-refractivity contribution in [2.24, 2.45) is 0 Å². The number of nitrogens with zero attached hydrogens (tertiary/aromatic N) is 1. The minimum atomic E-state index is -0.261. The van der Waals surface area contributed by atoms with E-state index >= 15 is 0 Å². The number of hydrogen-bond acceptors (Lipinski definition) is 4. The molecule has 25 heavy (non-hydrogen) atoms. The number of anilines is 3. The first-order chi connectivity index (χ1) is 12.3. The second-order valence-electron chi connectivity index (χ2n) is 6.32. The van der Waals surface area contributed by atoms with E-state index in [0.717, 1.165) is 33.8 Å². The zero-order valence-electron chi connectivity index (χ0n) is 13.4. The van der Waals surface area contributed by atoms with Crippen LogP contribution in [0.15, 0.2) is 67.0 Å². The molecule has 2 aromatic carbocycles. The van der Waals surface area contributed by atoms with E-state index in [4.69, 9.17) is 0 Å². The molecule has 0 radical (unpaired) electrons. The van der Waals surface area contributed by atoms with E-state index in [0.29, 0.717) is 0 Å². The number of carbonyl (C=O) groups is 1. The molecule has 1 amide bonds. The van der Waals surface area contributed by atoms with Crippen LogP contribution in [0.25, 0.3) is 0 Å². The predicted octanol–water partition coefficient (Wildman–Crippen LogP) is 3.70. The molecule has 0 bridgehead atoms. The van der Waals surface area contributed by atoms with Crippen molar-refractivity contribution in [2.75, 3.05) is 16.0 Å². The van der Waals surface area contributed by atoms with Gasteiger partial charge in [0.15, 0.2) is 0 Å². The molecule has 1 aromatic heterocycles. The van der Waals surface area contributed by atoms with Gasteiger partial charge >= 0.3 is 0 Å². The molecular weight excluding hydrogens is 312 g/mol. The summed E-state index contributed by atoms with van der Waals surface area (Å²) in [6.07, 6.45) is 3.58. The summed E-state index contributed by atoms with van der Waals surface area (Å²) in [5, 5.41) is 9.96. The Balaban J connectivity index is 1.52. The minimum Gasteiger partial charge on any atom is -0.360 e. The molecule has 5 nitrogen and oxygen atoms in total. The molecule has 3 N–H and O–H groups in total. The summed E-state index contributed by atoms with van der Waals surface area (Å²) in [5.41, 5.74) is 6.03. The lowest BCUT2D eigenvalue weighted by molar-refractivity contribution is -0.116. The molecule has 122 valence electrons. The summed E-state index contributed by atoms with van der Waals surface area (Å²) in [6.45, 7) is 0. The maximum atomic E-state index is 12.5. The zero-order chi connectivity index (χ0) is 16.8. The Kier molecular flexibility index (Phi) is 3.00.